The summed E-state index contributed by atoms with van der Waals surface area (Å²) in [6, 6.07) is 0. The second kappa shape index (κ2) is 7.67. The zero-order valence-electron chi connectivity index (χ0n) is 10.4. The zero-order chi connectivity index (χ0) is 12.7. The molecule has 0 fully saturated rings. The monoisotopic (exact) mass is 274 g/mol. The third kappa shape index (κ3) is 5.04. The summed E-state index contributed by atoms with van der Waals surface area (Å²) in [6.07, 6.45) is 3.81. The van der Waals surface area contributed by atoms with Gasteiger partial charge in [0.25, 0.3) is 0 Å². The Hall–Kier alpha value is -0.610. The molecule has 0 saturated carbocycles. The average molecular weight is 275 g/mol. The van der Waals surface area contributed by atoms with E-state index >= 15 is 0 Å². The van der Waals surface area contributed by atoms with Gasteiger partial charge in [-0.3, -0.25) is 4.79 Å². The van der Waals surface area contributed by atoms with Crippen LogP contribution in [0.4, 0.5) is 0 Å². The Bertz CT molecular complexity index is 354. The van der Waals surface area contributed by atoms with E-state index in [0.29, 0.717) is 12.3 Å². The lowest BCUT2D eigenvalue weighted by Gasteiger charge is -2.16. The Kier molecular flexibility index (Phi) is 6.52. The molecule has 0 saturated heterocycles. The van der Waals surface area contributed by atoms with Gasteiger partial charge in [-0.05, 0) is 6.42 Å². The maximum Gasteiger partial charge on any atom is 0.229 e. The lowest BCUT2D eigenvalue weighted by molar-refractivity contribution is -0.129. The van der Waals surface area contributed by atoms with Gasteiger partial charge in [0.05, 0.1) is 18.0 Å². The number of likely N-dealkylation sites (N-methyl/N-ethyl adjacent to an activating group) is 1. The minimum Gasteiger partial charge on any atom is -0.345 e. The minimum atomic E-state index is 0.136. The summed E-state index contributed by atoms with van der Waals surface area (Å²) in [5, 5.41) is 2.76. The second-order valence-corrected chi connectivity index (χ2v) is 5.28. The summed E-state index contributed by atoms with van der Waals surface area (Å²) in [7, 11) is 1.86. The van der Waals surface area contributed by atoms with Gasteiger partial charge >= 0.3 is 0 Å². The van der Waals surface area contributed by atoms with Crippen molar-refractivity contribution in [1.82, 2.24) is 9.88 Å². The molecule has 1 rings (SSSR count). The van der Waals surface area contributed by atoms with Crippen LogP contribution in [0.1, 0.15) is 36.9 Å². The van der Waals surface area contributed by atoms with Crippen LogP contribution < -0.4 is 0 Å². The van der Waals surface area contributed by atoms with Crippen LogP contribution in [0.3, 0.4) is 0 Å². The van der Waals surface area contributed by atoms with Crippen LogP contribution in [0.5, 0.6) is 0 Å². The quantitative estimate of drug-likeness (QED) is 0.566. The topological polar surface area (TPSA) is 33.2 Å². The molecule has 1 aromatic heterocycles. The number of amides is 1. The SMILES string of the molecule is CCCCCN(C)C(=O)Cc1nc(CCl)cs1. The number of carbonyl (C=O) groups is 1. The first kappa shape index (κ1) is 14.5. The molecule has 3 nitrogen and oxygen atoms in total. The third-order valence-electron chi connectivity index (χ3n) is 2.56. The molecule has 0 aliphatic rings. The first-order valence-electron chi connectivity index (χ1n) is 5.90. The van der Waals surface area contributed by atoms with Crippen molar-refractivity contribution in [2.45, 2.75) is 38.5 Å². The van der Waals surface area contributed by atoms with Crippen molar-refractivity contribution >= 4 is 28.8 Å². The van der Waals surface area contributed by atoms with E-state index in [-0.39, 0.29) is 5.91 Å². The summed E-state index contributed by atoms with van der Waals surface area (Å²) in [5.41, 5.74) is 0.855. The number of hydrogen-bond donors (Lipinski definition) is 0. The van der Waals surface area contributed by atoms with E-state index in [1.165, 1.54) is 24.2 Å². The molecule has 96 valence electrons. The molecule has 0 radical (unpaired) electrons. The minimum absolute atomic E-state index is 0.136. The highest BCUT2D eigenvalue weighted by Gasteiger charge is 2.11. The van der Waals surface area contributed by atoms with Crippen LogP contribution in [0.25, 0.3) is 0 Å². The molecule has 0 aliphatic carbocycles. The van der Waals surface area contributed by atoms with Crippen LogP contribution in [-0.4, -0.2) is 29.4 Å². The Balaban J connectivity index is 2.37. The number of carbonyl (C=O) groups excluding carboxylic acids is 1. The average Bonchev–Trinajstić information content (AvgIpc) is 2.77. The van der Waals surface area contributed by atoms with Crippen molar-refractivity contribution in [2.24, 2.45) is 0 Å². The highest BCUT2D eigenvalue weighted by Crippen LogP contribution is 2.13. The largest absolute Gasteiger partial charge is 0.345 e. The van der Waals surface area contributed by atoms with Crippen molar-refractivity contribution in [2.75, 3.05) is 13.6 Å². The van der Waals surface area contributed by atoms with Crippen molar-refractivity contribution in [3.63, 3.8) is 0 Å². The van der Waals surface area contributed by atoms with Crippen molar-refractivity contribution in [3.05, 3.63) is 16.1 Å². The maximum atomic E-state index is 11.9. The highest BCUT2D eigenvalue weighted by atomic mass is 35.5. The van der Waals surface area contributed by atoms with Gasteiger partial charge in [-0.2, -0.15) is 0 Å². The first-order valence-corrected chi connectivity index (χ1v) is 7.32. The molecule has 1 amide bonds. The molecule has 0 atom stereocenters. The van der Waals surface area contributed by atoms with Crippen molar-refractivity contribution in [3.8, 4) is 0 Å². The fraction of sp³-hybridized carbons (Fsp3) is 0.667. The summed E-state index contributed by atoms with van der Waals surface area (Å²) in [4.78, 5) is 17.9. The van der Waals surface area contributed by atoms with Crippen LogP contribution >= 0.6 is 22.9 Å². The second-order valence-electron chi connectivity index (χ2n) is 4.07. The van der Waals surface area contributed by atoms with Crippen molar-refractivity contribution < 1.29 is 4.79 Å². The van der Waals surface area contributed by atoms with E-state index in [4.69, 9.17) is 11.6 Å². The van der Waals surface area contributed by atoms with Crippen molar-refractivity contribution in [1.29, 1.82) is 0 Å². The Labute approximate surface area is 112 Å². The van der Waals surface area contributed by atoms with Gasteiger partial charge in [-0.25, -0.2) is 4.98 Å². The molecule has 0 unspecified atom stereocenters. The molecule has 0 bridgehead atoms. The summed E-state index contributed by atoms with van der Waals surface area (Å²) < 4.78 is 0. The Morgan fingerprint density at radius 1 is 1.53 bits per heavy atom. The van der Waals surface area contributed by atoms with E-state index in [2.05, 4.69) is 11.9 Å². The Morgan fingerprint density at radius 2 is 2.29 bits per heavy atom. The molecule has 0 N–H and O–H groups in total. The number of halogens is 1. The maximum absolute atomic E-state index is 11.9. The van der Waals surface area contributed by atoms with E-state index in [9.17, 15) is 4.79 Å². The zero-order valence-corrected chi connectivity index (χ0v) is 12.0. The van der Waals surface area contributed by atoms with E-state index in [1.807, 2.05) is 12.4 Å². The molecular weight excluding hydrogens is 256 g/mol. The smallest absolute Gasteiger partial charge is 0.229 e. The molecular formula is C12H19ClN2OS. The fourth-order valence-corrected chi connectivity index (χ4v) is 2.49. The van der Waals surface area contributed by atoms with E-state index in [1.54, 1.807) is 4.90 Å². The number of aromatic nitrogens is 1. The number of alkyl halides is 1. The first-order chi connectivity index (χ1) is 8.17. The van der Waals surface area contributed by atoms with Gasteiger partial charge in [-0.15, -0.1) is 22.9 Å². The predicted molar refractivity (Wildman–Crippen MR) is 72.5 cm³/mol. The molecule has 0 spiro atoms. The van der Waals surface area contributed by atoms with Gasteiger partial charge in [0, 0.05) is 19.0 Å². The van der Waals surface area contributed by atoms with E-state index < -0.39 is 0 Å². The van der Waals surface area contributed by atoms with Crippen LogP contribution in [-0.2, 0) is 17.1 Å². The molecule has 5 heteroatoms. The number of rotatable bonds is 7. The van der Waals surface area contributed by atoms with Gasteiger partial charge in [-0.1, -0.05) is 19.8 Å². The predicted octanol–water partition coefficient (Wildman–Crippen LogP) is 3.07. The van der Waals surface area contributed by atoms with E-state index in [0.717, 1.165) is 23.7 Å². The Morgan fingerprint density at radius 3 is 2.88 bits per heavy atom. The summed E-state index contributed by atoms with van der Waals surface area (Å²) in [5.74, 6) is 0.549. The lowest BCUT2D eigenvalue weighted by atomic mass is 10.2. The van der Waals surface area contributed by atoms with Gasteiger partial charge in [0.15, 0.2) is 0 Å². The lowest BCUT2D eigenvalue weighted by Crippen LogP contribution is -2.29. The number of unbranched alkanes of at least 4 members (excludes halogenated alkanes) is 2. The summed E-state index contributed by atoms with van der Waals surface area (Å²) in [6.45, 7) is 2.99. The van der Waals surface area contributed by atoms with Gasteiger partial charge in [0.1, 0.15) is 5.01 Å². The number of hydrogen-bond acceptors (Lipinski definition) is 3. The standard InChI is InChI=1S/C12H19ClN2OS/c1-3-4-5-6-15(2)12(16)7-11-14-10(8-13)9-17-11/h9H,3-8H2,1-2H3. The molecule has 17 heavy (non-hydrogen) atoms. The van der Waals surface area contributed by atoms with Gasteiger partial charge < -0.3 is 4.90 Å². The molecule has 1 aromatic rings. The van der Waals surface area contributed by atoms with Gasteiger partial charge in [0.2, 0.25) is 5.91 Å². The molecule has 0 aliphatic heterocycles. The van der Waals surface area contributed by atoms with Crippen LogP contribution in [0.15, 0.2) is 5.38 Å². The number of nitrogens with zero attached hydrogens (tertiary/aromatic N) is 2. The normalized spacial score (nSPS) is 10.5. The highest BCUT2D eigenvalue weighted by molar-refractivity contribution is 7.09. The van der Waals surface area contributed by atoms with Crippen LogP contribution in [0.2, 0.25) is 0 Å². The number of thiazole rings is 1. The summed E-state index contributed by atoms with van der Waals surface area (Å²) >= 11 is 7.18. The third-order valence-corrected chi connectivity index (χ3v) is 3.73. The van der Waals surface area contributed by atoms with Crippen LogP contribution in [0, 0.1) is 0 Å². The molecule has 0 aromatic carbocycles. The fourth-order valence-electron chi connectivity index (χ4n) is 1.48. The molecule has 1 heterocycles.